The first-order chi connectivity index (χ1) is 11.4. The molecule has 2 rings (SSSR count). The molecule has 2 heterocycles. The molecule has 0 aromatic carbocycles. The number of nitrogens with zero attached hydrogens (tertiary/aromatic N) is 2. The molecular weight excluding hydrogens is 358 g/mol. The summed E-state index contributed by atoms with van der Waals surface area (Å²) in [6.45, 7) is 3.48. The Balaban J connectivity index is 2.12. The van der Waals surface area contributed by atoms with Gasteiger partial charge in [-0.3, -0.25) is 9.59 Å². The fourth-order valence-electron chi connectivity index (χ4n) is 2.47. The molecule has 3 N–H and O–H groups in total. The molecule has 3 amide bonds. The van der Waals surface area contributed by atoms with Crippen LogP contribution < -0.4 is 5.73 Å². The molecule has 1 saturated heterocycles. The summed E-state index contributed by atoms with van der Waals surface area (Å²) in [7, 11) is -4.69. The van der Waals surface area contributed by atoms with E-state index in [4.69, 9.17) is 10.8 Å². The minimum atomic E-state index is -4.69. The van der Waals surface area contributed by atoms with Gasteiger partial charge in [-0.1, -0.05) is 6.08 Å². The van der Waals surface area contributed by atoms with Crippen LogP contribution in [0.15, 0.2) is 11.6 Å². The van der Waals surface area contributed by atoms with Gasteiger partial charge in [-0.25, -0.2) is 8.98 Å². The average Bonchev–Trinajstić information content (AvgIpc) is 2.70. The molecular formula is C13H19N3O8S. The molecule has 25 heavy (non-hydrogen) atoms. The van der Waals surface area contributed by atoms with E-state index in [1.165, 1.54) is 19.9 Å². The number of carboxylic acid groups (broad SMARTS) is 1. The number of urea groups is 1. The highest BCUT2D eigenvalue weighted by Gasteiger charge is 2.48. The standard InChI is InChI=1S/C13H19N3O8S/c1-7-4-8-5-15(9(7)10(14)17)12(20)16(8)24-25(21,22)23-6-13(2,3)11(18)19/h4,8-9H,5-6H2,1-3H3,(H2,14,17)(H,18,19)/t8-,9+/m1/s1. The molecule has 2 aliphatic heterocycles. The number of carbonyl (C=O) groups excluding carboxylic acids is 2. The minimum Gasteiger partial charge on any atom is -0.481 e. The Kier molecular flexibility index (Phi) is 4.81. The highest BCUT2D eigenvalue weighted by atomic mass is 32.3. The van der Waals surface area contributed by atoms with Crippen LogP contribution in [0, 0.1) is 5.41 Å². The second kappa shape index (κ2) is 6.28. The molecule has 0 unspecified atom stereocenters. The number of carboxylic acids is 1. The predicted molar refractivity (Wildman–Crippen MR) is 81.8 cm³/mol. The maximum Gasteiger partial charge on any atom is 0.421 e. The second-order valence-electron chi connectivity index (χ2n) is 6.48. The number of carbonyl (C=O) groups is 3. The van der Waals surface area contributed by atoms with Crippen LogP contribution in [0.2, 0.25) is 0 Å². The summed E-state index contributed by atoms with van der Waals surface area (Å²) in [5.74, 6) is -2.01. The summed E-state index contributed by atoms with van der Waals surface area (Å²) in [6, 6.07) is -2.58. The van der Waals surface area contributed by atoms with Gasteiger partial charge in [0.05, 0.1) is 24.6 Å². The van der Waals surface area contributed by atoms with E-state index in [9.17, 15) is 22.8 Å². The zero-order chi connectivity index (χ0) is 19.2. The van der Waals surface area contributed by atoms with Gasteiger partial charge >= 0.3 is 22.4 Å². The number of rotatable bonds is 7. The van der Waals surface area contributed by atoms with Crippen LogP contribution in [0.1, 0.15) is 20.8 Å². The quantitative estimate of drug-likeness (QED) is 0.547. The van der Waals surface area contributed by atoms with Gasteiger partial charge in [0, 0.05) is 0 Å². The fourth-order valence-corrected chi connectivity index (χ4v) is 3.32. The van der Waals surface area contributed by atoms with Crippen LogP contribution in [0.25, 0.3) is 0 Å². The smallest absolute Gasteiger partial charge is 0.421 e. The van der Waals surface area contributed by atoms with E-state index in [2.05, 4.69) is 8.47 Å². The largest absolute Gasteiger partial charge is 0.481 e. The van der Waals surface area contributed by atoms with E-state index >= 15 is 0 Å². The monoisotopic (exact) mass is 377 g/mol. The Bertz CT molecular complexity index is 744. The van der Waals surface area contributed by atoms with Gasteiger partial charge in [-0.15, -0.1) is 4.28 Å². The number of hydroxylamine groups is 2. The van der Waals surface area contributed by atoms with Crippen molar-refractivity contribution in [3.05, 3.63) is 11.6 Å². The summed E-state index contributed by atoms with van der Waals surface area (Å²) >= 11 is 0. The molecule has 2 aliphatic rings. The topological polar surface area (TPSA) is 157 Å². The van der Waals surface area contributed by atoms with Gasteiger partial charge in [0.1, 0.15) is 6.04 Å². The molecule has 12 heteroatoms. The van der Waals surface area contributed by atoms with E-state index < -0.39 is 52.4 Å². The highest BCUT2D eigenvalue weighted by molar-refractivity contribution is 7.81. The maximum atomic E-state index is 12.3. The normalized spacial score (nSPS) is 23.6. The van der Waals surface area contributed by atoms with Crippen molar-refractivity contribution >= 4 is 28.3 Å². The molecule has 0 spiro atoms. The van der Waals surface area contributed by atoms with Gasteiger partial charge in [-0.2, -0.15) is 13.5 Å². The van der Waals surface area contributed by atoms with Crippen LogP contribution in [0.4, 0.5) is 4.79 Å². The van der Waals surface area contributed by atoms with Crippen molar-refractivity contribution in [2.75, 3.05) is 13.2 Å². The number of hydrogen-bond donors (Lipinski definition) is 2. The van der Waals surface area contributed by atoms with E-state index in [1.54, 1.807) is 6.92 Å². The first-order valence-electron chi connectivity index (χ1n) is 7.25. The van der Waals surface area contributed by atoms with Crippen molar-refractivity contribution in [2.24, 2.45) is 11.1 Å². The minimum absolute atomic E-state index is 0.0277. The maximum absolute atomic E-state index is 12.3. The van der Waals surface area contributed by atoms with Crippen LogP contribution in [0.5, 0.6) is 0 Å². The van der Waals surface area contributed by atoms with E-state index in [0.717, 1.165) is 4.90 Å². The molecule has 2 atom stereocenters. The number of aliphatic carboxylic acids is 1. The van der Waals surface area contributed by atoms with Gasteiger partial charge in [0.15, 0.2) is 0 Å². The highest BCUT2D eigenvalue weighted by Crippen LogP contribution is 2.30. The third-order valence-corrected chi connectivity index (χ3v) is 4.65. The second-order valence-corrected chi connectivity index (χ2v) is 7.68. The molecule has 0 aromatic heterocycles. The molecule has 0 aliphatic carbocycles. The van der Waals surface area contributed by atoms with Crippen LogP contribution in [0.3, 0.4) is 0 Å². The van der Waals surface area contributed by atoms with Gasteiger partial charge < -0.3 is 15.7 Å². The lowest BCUT2D eigenvalue weighted by Gasteiger charge is -2.27. The Morgan fingerprint density at radius 1 is 1.44 bits per heavy atom. The van der Waals surface area contributed by atoms with Crippen molar-refractivity contribution in [3.8, 4) is 0 Å². The molecule has 0 radical (unpaired) electrons. The van der Waals surface area contributed by atoms with Crippen molar-refractivity contribution in [1.29, 1.82) is 0 Å². The zero-order valence-electron chi connectivity index (χ0n) is 13.8. The summed E-state index contributed by atoms with van der Waals surface area (Å²) < 4.78 is 33.1. The summed E-state index contributed by atoms with van der Waals surface area (Å²) in [4.78, 5) is 35.9. The lowest BCUT2D eigenvalue weighted by molar-refractivity contribution is -0.148. The summed E-state index contributed by atoms with van der Waals surface area (Å²) in [5.41, 5.74) is 4.29. The lowest BCUT2D eigenvalue weighted by Crippen LogP contribution is -2.48. The van der Waals surface area contributed by atoms with Crippen LogP contribution >= 0.6 is 0 Å². The van der Waals surface area contributed by atoms with Crippen molar-refractivity contribution < 1.29 is 36.4 Å². The molecule has 0 aromatic rings. The summed E-state index contributed by atoms with van der Waals surface area (Å²) in [6.07, 6.45) is 1.51. The fraction of sp³-hybridized carbons (Fsp3) is 0.615. The van der Waals surface area contributed by atoms with Crippen molar-refractivity contribution in [3.63, 3.8) is 0 Å². The Hall–Kier alpha value is -2.18. The van der Waals surface area contributed by atoms with Gasteiger partial charge in [0.2, 0.25) is 5.91 Å². The molecule has 140 valence electrons. The number of primary amides is 1. The SMILES string of the molecule is CC1=C[C@@H]2CN(C(=O)N2OS(=O)(=O)OCC(C)(C)C(=O)O)[C@@H]1C(N)=O. The summed E-state index contributed by atoms with van der Waals surface area (Å²) in [5, 5.41) is 9.52. The number of nitrogens with two attached hydrogens (primary N) is 1. The molecule has 0 saturated carbocycles. The third-order valence-electron chi connectivity index (χ3n) is 3.90. The van der Waals surface area contributed by atoms with Gasteiger partial charge in [-0.05, 0) is 26.3 Å². The average molecular weight is 377 g/mol. The number of hydrogen-bond acceptors (Lipinski definition) is 7. The van der Waals surface area contributed by atoms with Crippen LogP contribution in [-0.4, -0.2) is 66.6 Å². The Morgan fingerprint density at radius 3 is 2.56 bits per heavy atom. The first-order valence-corrected chi connectivity index (χ1v) is 8.59. The van der Waals surface area contributed by atoms with Crippen molar-refractivity contribution in [2.45, 2.75) is 32.9 Å². The first kappa shape index (κ1) is 19.1. The predicted octanol–water partition coefficient (Wildman–Crippen LogP) is -0.790. The molecule has 11 nitrogen and oxygen atoms in total. The Morgan fingerprint density at radius 2 is 2.04 bits per heavy atom. The molecule has 2 bridgehead atoms. The molecule has 1 fully saturated rings. The Labute approximate surface area is 144 Å². The lowest BCUT2D eigenvalue weighted by atomic mass is 9.96. The van der Waals surface area contributed by atoms with Gasteiger partial charge in [0.25, 0.3) is 0 Å². The number of fused-ring (bicyclic) bond motifs is 2. The van der Waals surface area contributed by atoms with Crippen molar-refractivity contribution in [1.82, 2.24) is 9.96 Å². The van der Waals surface area contributed by atoms with E-state index in [-0.39, 0.29) is 6.54 Å². The van der Waals surface area contributed by atoms with E-state index in [1.807, 2.05) is 0 Å². The van der Waals surface area contributed by atoms with Crippen LogP contribution in [-0.2, 0) is 28.5 Å². The van der Waals surface area contributed by atoms with E-state index in [0.29, 0.717) is 10.6 Å². The third kappa shape index (κ3) is 3.75. The number of amides is 3. The zero-order valence-corrected chi connectivity index (χ0v) is 14.6.